The number of unbranched alkanes of at least 4 members (excludes halogenated alkanes) is 1. The summed E-state index contributed by atoms with van der Waals surface area (Å²) in [5, 5.41) is 7.09. The first-order valence-electron chi connectivity index (χ1n) is 7.59. The van der Waals surface area contributed by atoms with E-state index < -0.39 is 0 Å². The molecule has 1 saturated heterocycles. The van der Waals surface area contributed by atoms with E-state index in [2.05, 4.69) is 41.4 Å². The second-order valence-electron chi connectivity index (χ2n) is 5.65. The third kappa shape index (κ3) is 4.55. The smallest absolute Gasteiger partial charge is 0.0898 e. The van der Waals surface area contributed by atoms with E-state index in [1.54, 1.807) is 11.3 Å². The Morgan fingerprint density at radius 1 is 1.47 bits per heavy atom. The van der Waals surface area contributed by atoms with Crippen molar-refractivity contribution < 1.29 is 0 Å². The number of hydrogen-bond donors (Lipinski definition) is 1. The molecule has 1 aliphatic rings. The lowest BCUT2D eigenvalue weighted by atomic mass is 10.0. The molecule has 2 heterocycles. The lowest BCUT2D eigenvalue weighted by Gasteiger charge is -2.33. The average Bonchev–Trinajstić information content (AvgIpc) is 2.85. The molecule has 0 aromatic carbocycles. The Balaban J connectivity index is 1.73. The standard InChI is InChI=1S/C15H27N3S/c1-4-5-8-18-9-6-14(7-10-18)16-12(2)15-11-19-13(3)17-15/h11-12,14,16H,4-10H2,1-3H3. The second-order valence-corrected chi connectivity index (χ2v) is 6.71. The van der Waals surface area contributed by atoms with Crippen LogP contribution in [0, 0.1) is 6.92 Å². The van der Waals surface area contributed by atoms with Gasteiger partial charge >= 0.3 is 0 Å². The fraction of sp³-hybridized carbons (Fsp3) is 0.800. The molecule has 1 aromatic rings. The van der Waals surface area contributed by atoms with Crippen molar-refractivity contribution in [3.63, 3.8) is 0 Å². The third-order valence-electron chi connectivity index (χ3n) is 3.98. The number of hydrogen-bond acceptors (Lipinski definition) is 4. The predicted molar refractivity (Wildman–Crippen MR) is 82.8 cm³/mol. The van der Waals surface area contributed by atoms with Crippen molar-refractivity contribution in [1.82, 2.24) is 15.2 Å². The van der Waals surface area contributed by atoms with E-state index in [1.165, 1.54) is 51.0 Å². The van der Waals surface area contributed by atoms with Crippen LogP contribution in [-0.4, -0.2) is 35.6 Å². The molecule has 3 nitrogen and oxygen atoms in total. The average molecular weight is 281 g/mol. The maximum absolute atomic E-state index is 4.58. The Hall–Kier alpha value is -0.450. The highest BCUT2D eigenvalue weighted by Crippen LogP contribution is 2.19. The van der Waals surface area contributed by atoms with E-state index >= 15 is 0 Å². The summed E-state index contributed by atoms with van der Waals surface area (Å²) >= 11 is 1.74. The maximum atomic E-state index is 4.58. The Morgan fingerprint density at radius 2 is 2.21 bits per heavy atom. The Bertz CT molecular complexity index is 369. The van der Waals surface area contributed by atoms with Crippen LogP contribution in [0.25, 0.3) is 0 Å². The van der Waals surface area contributed by atoms with Crippen LogP contribution in [0.15, 0.2) is 5.38 Å². The first-order valence-corrected chi connectivity index (χ1v) is 8.47. The summed E-state index contributed by atoms with van der Waals surface area (Å²) in [4.78, 5) is 7.19. The van der Waals surface area contributed by atoms with Gasteiger partial charge in [-0.1, -0.05) is 13.3 Å². The molecule has 0 aliphatic carbocycles. The topological polar surface area (TPSA) is 28.2 Å². The molecular formula is C15H27N3S. The molecule has 1 aromatic heterocycles. The molecule has 0 amide bonds. The molecule has 108 valence electrons. The lowest BCUT2D eigenvalue weighted by molar-refractivity contribution is 0.189. The van der Waals surface area contributed by atoms with Crippen molar-refractivity contribution in [1.29, 1.82) is 0 Å². The highest BCUT2D eigenvalue weighted by atomic mass is 32.1. The van der Waals surface area contributed by atoms with Crippen LogP contribution >= 0.6 is 11.3 Å². The Labute approximate surface area is 121 Å². The fourth-order valence-electron chi connectivity index (χ4n) is 2.72. The number of nitrogens with one attached hydrogen (secondary N) is 1. The summed E-state index contributed by atoms with van der Waals surface area (Å²) in [5.74, 6) is 0. The summed E-state index contributed by atoms with van der Waals surface area (Å²) in [6, 6.07) is 1.05. The highest BCUT2D eigenvalue weighted by molar-refractivity contribution is 7.09. The Morgan fingerprint density at radius 3 is 2.79 bits per heavy atom. The normalized spacial score (nSPS) is 19.7. The van der Waals surface area contributed by atoms with Crippen LogP contribution in [0.4, 0.5) is 0 Å². The largest absolute Gasteiger partial charge is 0.306 e. The summed E-state index contributed by atoms with van der Waals surface area (Å²) in [5.41, 5.74) is 1.20. The molecule has 1 aliphatic heterocycles. The van der Waals surface area contributed by atoms with Crippen molar-refractivity contribution in [3.8, 4) is 0 Å². The van der Waals surface area contributed by atoms with Crippen LogP contribution in [-0.2, 0) is 0 Å². The summed E-state index contributed by atoms with van der Waals surface area (Å²) in [7, 11) is 0. The number of rotatable bonds is 6. The molecule has 0 radical (unpaired) electrons. The van der Waals surface area contributed by atoms with Crippen LogP contribution in [0.5, 0.6) is 0 Å². The SMILES string of the molecule is CCCCN1CCC(NC(C)c2csc(C)n2)CC1. The first-order chi connectivity index (χ1) is 9.19. The molecule has 19 heavy (non-hydrogen) atoms. The minimum Gasteiger partial charge on any atom is -0.306 e. The monoisotopic (exact) mass is 281 g/mol. The van der Waals surface area contributed by atoms with Crippen LogP contribution in [0.3, 0.4) is 0 Å². The minimum absolute atomic E-state index is 0.386. The van der Waals surface area contributed by atoms with E-state index in [4.69, 9.17) is 0 Å². The molecule has 0 saturated carbocycles. The van der Waals surface area contributed by atoms with Gasteiger partial charge in [-0.15, -0.1) is 11.3 Å². The molecule has 1 unspecified atom stereocenters. The second kappa shape index (κ2) is 7.36. The zero-order chi connectivity index (χ0) is 13.7. The molecule has 1 atom stereocenters. The highest BCUT2D eigenvalue weighted by Gasteiger charge is 2.21. The zero-order valence-electron chi connectivity index (χ0n) is 12.5. The molecule has 0 bridgehead atoms. The van der Waals surface area contributed by atoms with E-state index in [-0.39, 0.29) is 0 Å². The fourth-order valence-corrected chi connectivity index (χ4v) is 3.43. The number of aryl methyl sites for hydroxylation is 1. The van der Waals surface area contributed by atoms with Gasteiger partial charge in [-0.05, 0) is 52.7 Å². The van der Waals surface area contributed by atoms with Gasteiger partial charge in [0.25, 0.3) is 0 Å². The number of piperidine rings is 1. The van der Waals surface area contributed by atoms with Gasteiger partial charge in [0.05, 0.1) is 10.7 Å². The van der Waals surface area contributed by atoms with Gasteiger partial charge in [0.1, 0.15) is 0 Å². The van der Waals surface area contributed by atoms with Crippen molar-refractivity contribution in [2.45, 2.75) is 58.5 Å². The van der Waals surface area contributed by atoms with E-state index in [9.17, 15) is 0 Å². The van der Waals surface area contributed by atoms with Crippen LogP contribution < -0.4 is 5.32 Å². The molecule has 1 N–H and O–H groups in total. The quantitative estimate of drug-likeness (QED) is 0.866. The molecular weight excluding hydrogens is 254 g/mol. The van der Waals surface area contributed by atoms with Gasteiger partial charge in [-0.3, -0.25) is 0 Å². The predicted octanol–water partition coefficient (Wildman–Crippen LogP) is 3.37. The van der Waals surface area contributed by atoms with Gasteiger partial charge in [-0.25, -0.2) is 4.98 Å². The van der Waals surface area contributed by atoms with Crippen LogP contribution in [0.2, 0.25) is 0 Å². The zero-order valence-corrected chi connectivity index (χ0v) is 13.3. The Kier molecular flexibility index (Phi) is 5.79. The van der Waals surface area contributed by atoms with Gasteiger partial charge in [0, 0.05) is 17.5 Å². The minimum atomic E-state index is 0.386. The van der Waals surface area contributed by atoms with Gasteiger partial charge in [0.2, 0.25) is 0 Å². The van der Waals surface area contributed by atoms with Crippen molar-refractivity contribution >= 4 is 11.3 Å². The van der Waals surface area contributed by atoms with Gasteiger partial charge in [-0.2, -0.15) is 0 Å². The van der Waals surface area contributed by atoms with Crippen molar-refractivity contribution in [2.75, 3.05) is 19.6 Å². The maximum Gasteiger partial charge on any atom is 0.0898 e. The van der Waals surface area contributed by atoms with Gasteiger partial charge in [0.15, 0.2) is 0 Å². The molecule has 4 heteroatoms. The summed E-state index contributed by atoms with van der Waals surface area (Å²) in [6.45, 7) is 10.4. The molecule has 2 rings (SSSR count). The lowest BCUT2D eigenvalue weighted by Crippen LogP contribution is -2.43. The van der Waals surface area contributed by atoms with E-state index in [0.29, 0.717) is 12.1 Å². The number of likely N-dealkylation sites (tertiary alicyclic amines) is 1. The number of nitrogens with zero attached hydrogens (tertiary/aromatic N) is 2. The number of thiazole rings is 1. The molecule has 0 spiro atoms. The van der Waals surface area contributed by atoms with Crippen molar-refractivity contribution in [2.24, 2.45) is 0 Å². The van der Waals surface area contributed by atoms with E-state index in [1.807, 2.05) is 0 Å². The van der Waals surface area contributed by atoms with Gasteiger partial charge < -0.3 is 10.2 Å². The number of aromatic nitrogens is 1. The van der Waals surface area contributed by atoms with Crippen molar-refractivity contribution in [3.05, 3.63) is 16.1 Å². The summed E-state index contributed by atoms with van der Waals surface area (Å²) < 4.78 is 0. The van der Waals surface area contributed by atoms with E-state index in [0.717, 1.165) is 5.01 Å². The summed E-state index contributed by atoms with van der Waals surface area (Å²) in [6.07, 6.45) is 5.19. The first kappa shape index (κ1) is 14.9. The van der Waals surface area contributed by atoms with Crippen LogP contribution in [0.1, 0.15) is 56.3 Å². The third-order valence-corrected chi connectivity index (χ3v) is 4.77. The molecule has 1 fully saturated rings.